The smallest absolute Gasteiger partial charge is 0.336 e. The summed E-state index contributed by atoms with van der Waals surface area (Å²) in [6.45, 7) is 1.73. The molecule has 0 spiro atoms. The van der Waals surface area contributed by atoms with E-state index in [0.717, 1.165) is 5.56 Å². The monoisotopic (exact) mass is 494 g/mol. The third-order valence-electron chi connectivity index (χ3n) is 5.60. The molecule has 180 valence electrons. The maximum atomic E-state index is 13.3. The van der Waals surface area contributed by atoms with Gasteiger partial charge in [-0.05, 0) is 18.6 Å². The summed E-state index contributed by atoms with van der Waals surface area (Å²) in [6, 6.07) is 13.4. The lowest BCUT2D eigenvalue weighted by Gasteiger charge is -2.29. The molecule has 2 heterocycles. The largest absolute Gasteiger partial charge is 0.496 e. The molecule has 1 aliphatic heterocycles. The molecule has 11 heteroatoms. The van der Waals surface area contributed by atoms with Crippen molar-refractivity contribution in [2.24, 2.45) is 0 Å². The van der Waals surface area contributed by atoms with Crippen LogP contribution in [0, 0.1) is 10.1 Å². The predicted octanol–water partition coefficient (Wildman–Crippen LogP) is 3.98. The summed E-state index contributed by atoms with van der Waals surface area (Å²) in [4.78, 5) is 43.8. The highest BCUT2D eigenvalue weighted by Crippen LogP contribution is 2.43. The number of para-hydroxylation sites is 1. The number of hydrogen-bond donors (Lipinski definition) is 2. The number of hydrogen-bond acceptors (Lipinski definition) is 9. The van der Waals surface area contributed by atoms with Crippen LogP contribution in [0.3, 0.4) is 0 Å². The molecule has 0 aliphatic carbocycles. The van der Waals surface area contributed by atoms with Crippen molar-refractivity contribution in [2.75, 3.05) is 19.5 Å². The number of benzene rings is 2. The number of H-pyrrole nitrogens is 1. The number of esters is 1. The highest BCUT2D eigenvalue weighted by Gasteiger charge is 2.37. The minimum absolute atomic E-state index is 0.00863. The molecule has 2 aromatic carbocycles. The molecule has 0 saturated heterocycles. The number of nitrogens with one attached hydrogen (secondary N) is 2. The summed E-state index contributed by atoms with van der Waals surface area (Å²) in [6.07, 6.45) is 0. The van der Waals surface area contributed by atoms with Gasteiger partial charge in [0.2, 0.25) is 0 Å². The number of non-ortho nitro benzene ring substituents is 1. The van der Waals surface area contributed by atoms with E-state index >= 15 is 0 Å². The maximum absolute atomic E-state index is 13.3. The molecule has 1 aromatic heterocycles. The van der Waals surface area contributed by atoms with E-state index in [1.165, 1.54) is 38.1 Å². The van der Waals surface area contributed by atoms with Crippen molar-refractivity contribution in [3.05, 3.63) is 97.0 Å². The van der Waals surface area contributed by atoms with Crippen LogP contribution in [-0.4, -0.2) is 35.1 Å². The fraction of sp³-hybridized carbons (Fsp3) is 0.208. The van der Waals surface area contributed by atoms with Crippen LogP contribution in [0.4, 0.5) is 11.5 Å². The lowest BCUT2D eigenvalue weighted by Crippen LogP contribution is -2.31. The number of carbonyl (C=O) groups is 1. The van der Waals surface area contributed by atoms with Crippen molar-refractivity contribution in [1.29, 1.82) is 0 Å². The van der Waals surface area contributed by atoms with E-state index in [1.807, 2.05) is 0 Å². The first-order chi connectivity index (χ1) is 16.8. The Bertz CT molecular complexity index is 1380. The average Bonchev–Trinajstić information content (AvgIpc) is 2.86. The molecular weight excluding hydrogens is 472 g/mol. The first-order valence-electron chi connectivity index (χ1n) is 10.5. The van der Waals surface area contributed by atoms with Gasteiger partial charge in [0.15, 0.2) is 5.16 Å². The first-order valence-corrected chi connectivity index (χ1v) is 11.5. The van der Waals surface area contributed by atoms with Gasteiger partial charge in [-0.25, -0.2) is 9.78 Å². The van der Waals surface area contributed by atoms with Gasteiger partial charge in [-0.15, -0.1) is 0 Å². The number of carbonyl (C=O) groups excluding carboxylic acids is 1. The van der Waals surface area contributed by atoms with E-state index in [9.17, 15) is 19.7 Å². The van der Waals surface area contributed by atoms with Crippen molar-refractivity contribution in [3.8, 4) is 5.75 Å². The summed E-state index contributed by atoms with van der Waals surface area (Å²) in [5, 5.41) is 14.3. The van der Waals surface area contributed by atoms with Gasteiger partial charge in [0.1, 0.15) is 11.6 Å². The number of aromatic amines is 1. The van der Waals surface area contributed by atoms with Crippen molar-refractivity contribution in [3.63, 3.8) is 0 Å². The number of rotatable bonds is 7. The van der Waals surface area contributed by atoms with Crippen molar-refractivity contribution < 1.29 is 19.2 Å². The number of nitro groups is 1. The molecule has 1 atom stereocenters. The van der Waals surface area contributed by atoms with Crippen LogP contribution in [0.15, 0.2) is 69.8 Å². The molecule has 0 amide bonds. The minimum Gasteiger partial charge on any atom is -0.496 e. The Morgan fingerprint density at radius 2 is 1.89 bits per heavy atom. The van der Waals surface area contributed by atoms with Crippen LogP contribution in [0.25, 0.3) is 0 Å². The van der Waals surface area contributed by atoms with Crippen LogP contribution >= 0.6 is 11.8 Å². The summed E-state index contributed by atoms with van der Waals surface area (Å²) >= 11 is 1.28. The van der Waals surface area contributed by atoms with Gasteiger partial charge in [-0.1, -0.05) is 42.1 Å². The lowest BCUT2D eigenvalue weighted by atomic mass is 9.82. The molecule has 35 heavy (non-hydrogen) atoms. The van der Waals surface area contributed by atoms with Crippen molar-refractivity contribution >= 4 is 29.2 Å². The van der Waals surface area contributed by atoms with Crippen molar-refractivity contribution in [2.45, 2.75) is 23.8 Å². The van der Waals surface area contributed by atoms with Crippen LogP contribution in [0.2, 0.25) is 0 Å². The summed E-state index contributed by atoms with van der Waals surface area (Å²) in [5.74, 6) is -0.0123. The van der Waals surface area contributed by atoms with Crippen LogP contribution in [0.1, 0.15) is 29.5 Å². The number of nitrogens with zero attached hydrogens (tertiary/aromatic N) is 2. The zero-order valence-corrected chi connectivity index (χ0v) is 20.0. The zero-order chi connectivity index (χ0) is 25.1. The Hall–Kier alpha value is -4.12. The van der Waals surface area contributed by atoms with E-state index in [4.69, 9.17) is 9.47 Å². The van der Waals surface area contributed by atoms with Gasteiger partial charge >= 0.3 is 5.97 Å². The van der Waals surface area contributed by atoms with E-state index in [-0.39, 0.29) is 11.3 Å². The Balaban J connectivity index is 1.73. The minimum atomic E-state index is -0.750. The number of anilines is 1. The Morgan fingerprint density at radius 1 is 1.17 bits per heavy atom. The zero-order valence-electron chi connectivity index (χ0n) is 19.2. The quantitative estimate of drug-likeness (QED) is 0.164. The Labute approximate surface area is 204 Å². The molecule has 0 unspecified atom stereocenters. The molecule has 10 nitrogen and oxygen atoms in total. The van der Waals surface area contributed by atoms with Gasteiger partial charge in [0.25, 0.3) is 11.2 Å². The fourth-order valence-corrected chi connectivity index (χ4v) is 4.78. The normalized spacial score (nSPS) is 14.7. The first kappa shape index (κ1) is 24.0. The second kappa shape index (κ2) is 10.0. The number of allylic oxidation sites excluding steroid dienone is 1. The summed E-state index contributed by atoms with van der Waals surface area (Å²) < 4.78 is 10.5. The molecule has 1 aliphatic rings. The SMILES string of the molecule is COC(=O)C1=C(C)Nc2nc(SCc3ccc([N+](=O)[O-])cc3)[nH]c(=O)c2[C@H]1c1ccccc1OC. The van der Waals surface area contributed by atoms with E-state index in [2.05, 4.69) is 15.3 Å². The topological polar surface area (TPSA) is 136 Å². The highest BCUT2D eigenvalue weighted by molar-refractivity contribution is 7.98. The fourth-order valence-electron chi connectivity index (χ4n) is 3.96. The van der Waals surface area contributed by atoms with Gasteiger partial charge in [-0.2, -0.15) is 0 Å². The number of methoxy groups -OCH3 is 2. The number of nitro benzene ring substituents is 1. The molecule has 0 saturated carbocycles. The molecule has 0 radical (unpaired) electrons. The number of aromatic nitrogens is 2. The third-order valence-corrected chi connectivity index (χ3v) is 6.54. The van der Waals surface area contributed by atoms with E-state index in [0.29, 0.717) is 39.3 Å². The standard InChI is InChI=1S/C24H22N4O6S/c1-13-18(23(30)34-3)19(16-6-4-5-7-17(16)33-2)20-21(25-13)26-24(27-22(20)29)35-12-14-8-10-15(11-9-14)28(31)32/h4-11,19H,12H2,1-3H3,(H2,25,26,27,29)/t19-/m0/s1. The number of fused-ring (bicyclic) bond motifs is 1. The second-order valence-electron chi connectivity index (χ2n) is 7.68. The third kappa shape index (κ3) is 4.76. The Morgan fingerprint density at radius 3 is 2.54 bits per heavy atom. The second-order valence-corrected chi connectivity index (χ2v) is 8.64. The van der Waals surface area contributed by atoms with Gasteiger partial charge in [0.05, 0.1) is 36.2 Å². The highest BCUT2D eigenvalue weighted by atomic mass is 32.2. The molecule has 2 N–H and O–H groups in total. The number of thioether (sulfide) groups is 1. The van der Waals surface area contributed by atoms with Gasteiger partial charge in [-0.3, -0.25) is 14.9 Å². The molecule has 0 fully saturated rings. The maximum Gasteiger partial charge on any atom is 0.336 e. The Kier molecular flexibility index (Phi) is 6.87. The molecule has 0 bridgehead atoms. The van der Waals surface area contributed by atoms with E-state index in [1.54, 1.807) is 43.3 Å². The lowest BCUT2D eigenvalue weighted by molar-refractivity contribution is -0.384. The van der Waals surface area contributed by atoms with Crippen LogP contribution < -0.4 is 15.6 Å². The van der Waals surface area contributed by atoms with Crippen molar-refractivity contribution in [1.82, 2.24) is 9.97 Å². The average molecular weight is 495 g/mol. The molecule has 4 rings (SSSR count). The number of ether oxygens (including phenoxy) is 2. The van der Waals surface area contributed by atoms with Gasteiger partial charge < -0.3 is 19.8 Å². The predicted molar refractivity (Wildman–Crippen MR) is 131 cm³/mol. The summed E-state index contributed by atoms with van der Waals surface area (Å²) in [5.41, 5.74) is 2.17. The molecule has 3 aromatic rings. The molecular formula is C24H22N4O6S. The van der Waals surface area contributed by atoms with Gasteiger partial charge in [0, 0.05) is 29.1 Å². The van der Waals surface area contributed by atoms with E-state index < -0.39 is 22.4 Å². The van der Waals surface area contributed by atoms with Crippen LogP contribution in [0.5, 0.6) is 5.75 Å². The summed E-state index contributed by atoms with van der Waals surface area (Å²) in [7, 11) is 2.81. The van der Waals surface area contributed by atoms with Crippen LogP contribution in [-0.2, 0) is 15.3 Å².